The number of nitrogens with zero attached hydrogens (tertiary/aromatic N) is 3. The molecule has 1 aromatic carbocycles. The van der Waals surface area contributed by atoms with Crippen molar-refractivity contribution >= 4 is 50.2 Å². The average Bonchev–Trinajstić information content (AvgIpc) is 3.19. The van der Waals surface area contributed by atoms with Crippen molar-refractivity contribution in [3.63, 3.8) is 0 Å². The van der Waals surface area contributed by atoms with Crippen LogP contribution in [0.2, 0.25) is 10.0 Å². The number of fused-ring (bicyclic) bond motifs is 1. The molecule has 0 radical (unpaired) electrons. The summed E-state index contributed by atoms with van der Waals surface area (Å²) in [6.07, 6.45) is 4.19. The fraction of sp³-hybridized carbons (Fsp3) is 0.0952. The summed E-state index contributed by atoms with van der Waals surface area (Å²) in [5.74, 6) is -1.31. The molecule has 0 saturated carbocycles. The number of Topliss-reactive ketones (excluding diaryl/α,β-unsaturated/α-hetero) is 1. The van der Waals surface area contributed by atoms with Gasteiger partial charge in [0.15, 0.2) is 16.5 Å². The van der Waals surface area contributed by atoms with E-state index in [0.717, 1.165) is 6.07 Å². The zero-order valence-electron chi connectivity index (χ0n) is 17.1. The summed E-state index contributed by atoms with van der Waals surface area (Å²) >= 11 is 12.1. The second-order valence-corrected chi connectivity index (χ2v) is 9.40. The van der Waals surface area contributed by atoms with Crippen LogP contribution in [0.1, 0.15) is 17.4 Å². The zero-order chi connectivity index (χ0) is 23.9. The van der Waals surface area contributed by atoms with E-state index >= 15 is 4.39 Å². The maximum absolute atomic E-state index is 15.5. The molecular formula is C21H15Cl2FN4O4S. The van der Waals surface area contributed by atoms with Crippen LogP contribution in [-0.2, 0) is 10.0 Å². The molecule has 12 heteroatoms. The molecule has 0 aliphatic carbocycles. The number of rotatable bonds is 6. The van der Waals surface area contributed by atoms with E-state index in [-0.39, 0.29) is 43.5 Å². The molecule has 0 aliphatic rings. The minimum absolute atomic E-state index is 0.0342. The molecular weight excluding hydrogens is 494 g/mol. The number of imidazole rings is 1. The van der Waals surface area contributed by atoms with Crippen LogP contribution in [0.4, 0.5) is 10.1 Å². The van der Waals surface area contributed by atoms with Crippen LogP contribution in [0.15, 0.2) is 53.9 Å². The molecule has 0 amide bonds. The van der Waals surface area contributed by atoms with Crippen molar-refractivity contribution in [1.29, 1.82) is 0 Å². The number of hydrogen-bond donors (Lipinski definition) is 1. The standard InChI is InChI=1S/C21H15Cl2FN4O4S/c1-11(29)20-16-6-3-12(9-28(16)10-26-20)18-14(23)4-5-15(19(18)24)27-33(30,31)17-7-13(22)8-25-21(17)32-2/h3-10,27H,1-2H3. The maximum Gasteiger partial charge on any atom is 0.267 e. The van der Waals surface area contributed by atoms with Crippen LogP contribution in [0, 0.1) is 5.82 Å². The molecule has 0 aliphatic heterocycles. The Bertz CT molecular complexity index is 1520. The summed E-state index contributed by atoms with van der Waals surface area (Å²) in [6, 6.07) is 6.88. The van der Waals surface area contributed by atoms with Gasteiger partial charge in [0, 0.05) is 30.4 Å². The van der Waals surface area contributed by atoms with E-state index in [2.05, 4.69) is 14.7 Å². The molecule has 0 saturated heterocycles. The number of carbonyl (C=O) groups excluding carboxylic acids is 1. The first kappa shape index (κ1) is 23.0. The first-order chi connectivity index (χ1) is 15.6. The number of anilines is 1. The predicted molar refractivity (Wildman–Crippen MR) is 122 cm³/mol. The molecule has 1 N–H and O–H groups in total. The Hall–Kier alpha value is -3.21. The molecule has 0 atom stereocenters. The van der Waals surface area contributed by atoms with Gasteiger partial charge in [0.05, 0.1) is 28.4 Å². The highest BCUT2D eigenvalue weighted by atomic mass is 35.5. The molecule has 0 fully saturated rings. The molecule has 3 aromatic heterocycles. The monoisotopic (exact) mass is 508 g/mol. The summed E-state index contributed by atoms with van der Waals surface area (Å²) in [4.78, 5) is 19.2. The minimum Gasteiger partial charge on any atom is -0.480 e. The van der Waals surface area contributed by atoms with Gasteiger partial charge in [-0.05, 0) is 24.3 Å². The SMILES string of the molecule is COc1ncc(Cl)cc1S(=O)(=O)Nc1ccc(Cl)c(-c2ccc3c(C(C)=O)ncn3c2)c1F. The van der Waals surface area contributed by atoms with Gasteiger partial charge in [-0.3, -0.25) is 9.52 Å². The Balaban J connectivity index is 1.79. The van der Waals surface area contributed by atoms with Crippen LogP contribution < -0.4 is 9.46 Å². The summed E-state index contributed by atoms with van der Waals surface area (Å²) in [6.45, 7) is 1.40. The van der Waals surface area contributed by atoms with E-state index in [1.165, 1.54) is 38.7 Å². The lowest BCUT2D eigenvalue weighted by Crippen LogP contribution is -2.16. The Kier molecular flexibility index (Phi) is 6.00. The molecule has 0 bridgehead atoms. The molecule has 4 aromatic rings. The highest BCUT2D eigenvalue weighted by Gasteiger charge is 2.25. The molecule has 0 spiro atoms. The minimum atomic E-state index is -4.31. The van der Waals surface area contributed by atoms with Crippen molar-refractivity contribution in [2.75, 3.05) is 11.8 Å². The van der Waals surface area contributed by atoms with Crippen molar-refractivity contribution in [2.24, 2.45) is 0 Å². The van der Waals surface area contributed by atoms with Gasteiger partial charge in [-0.1, -0.05) is 29.3 Å². The molecule has 0 unspecified atom stereocenters. The van der Waals surface area contributed by atoms with Crippen molar-refractivity contribution in [3.8, 4) is 17.0 Å². The number of carbonyl (C=O) groups is 1. The van der Waals surface area contributed by atoms with Gasteiger partial charge in [-0.15, -0.1) is 0 Å². The number of pyridine rings is 2. The molecule has 33 heavy (non-hydrogen) atoms. The van der Waals surface area contributed by atoms with Crippen LogP contribution in [0.3, 0.4) is 0 Å². The quantitative estimate of drug-likeness (QED) is 0.373. The predicted octanol–water partition coefficient (Wildman–Crippen LogP) is 4.85. The second-order valence-electron chi connectivity index (χ2n) is 6.91. The van der Waals surface area contributed by atoms with Crippen LogP contribution in [0.5, 0.6) is 5.88 Å². The first-order valence-corrected chi connectivity index (χ1v) is 11.5. The third kappa shape index (κ3) is 4.24. The number of benzene rings is 1. The van der Waals surface area contributed by atoms with Crippen molar-refractivity contribution in [3.05, 3.63) is 70.6 Å². The van der Waals surface area contributed by atoms with Gasteiger partial charge in [-0.2, -0.15) is 0 Å². The second kappa shape index (κ2) is 8.62. The van der Waals surface area contributed by atoms with Gasteiger partial charge in [0.25, 0.3) is 10.0 Å². The molecule has 8 nitrogen and oxygen atoms in total. The summed E-state index contributed by atoms with van der Waals surface area (Å²) < 4.78 is 50.1. The van der Waals surface area contributed by atoms with Gasteiger partial charge >= 0.3 is 0 Å². The third-order valence-corrected chi connectivity index (χ3v) is 6.64. The van der Waals surface area contributed by atoms with Crippen LogP contribution >= 0.6 is 23.2 Å². The average molecular weight is 509 g/mol. The lowest BCUT2D eigenvalue weighted by molar-refractivity contribution is 0.101. The van der Waals surface area contributed by atoms with Gasteiger partial charge in [0.1, 0.15) is 12.0 Å². The normalized spacial score (nSPS) is 11.5. The molecule has 170 valence electrons. The topological polar surface area (TPSA) is 103 Å². The number of ketones is 1. The van der Waals surface area contributed by atoms with Crippen LogP contribution in [0.25, 0.3) is 16.6 Å². The summed E-state index contributed by atoms with van der Waals surface area (Å²) in [7, 11) is -3.06. The van der Waals surface area contributed by atoms with Crippen molar-refractivity contribution < 1.29 is 22.3 Å². The highest BCUT2D eigenvalue weighted by molar-refractivity contribution is 7.92. The first-order valence-electron chi connectivity index (χ1n) is 9.30. The van der Waals surface area contributed by atoms with Crippen LogP contribution in [-0.4, -0.2) is 35.7 Å². The number of nitrogens with one attached hydrogen (secondary N) is 1. The van der Waals surface area contributed by atoms with E-state index < -0.39 is 15.8 Å². The van der Waals surface area contributed by atoms with E-state index in [1.54, 1.807) is 22.7 Å². The summed E-state index contributed by atoms with van der Waals surface area (Å²) in [5, 5.41) is 0.121. The summed E-state index contributed by atoms with van der Waals surface area (Å²) in [5.41, 5.74) is 0.791. The fourth-order valence-electron chi connectivity index (χ4n) is 3.27. The smallest absolute Gasteiger partial charge is 0.267 e. The largest absolute Gasteiger partial charge is 0.480 e. The number of hydrogen-bond acceptors (Lipinski definition) is 6. The van der Waals surface area contributed by atoms with Crippen molar-refractivity contribution in [2.45, 2.75) is 11.8 Å². The van der Waals surface area contributed by atoms with E-state index in [9.17, 15) is 13.2 Å². The van der Waals surface area contributed by atoms with Crippen molar-refractivity contribution in [1.82, 2.24) is 14.4 Å². The fourth-order valence-corrected chi connectivity index (χ4v) is 4.95. The van der Waals surface area contributed by atoms with E-state index in [4.69, 9.17) is 27.9 Å². The molecule has 3 heterocycles. The number of aromatic nitrogens is 3. The Morgan fingerprint density at radius 2 is 1.94 bits per heavy atom. The number of halogens is 3. The van der Waals surface area contributed by atoms with E-state index in [0.29, 0.717) is 11.1 Å². The zero-order valence-corrected chi connectivity index (χ0v) is 19.5. The Morgan fingerprint density at radius 3 is 2.64 bits per heavy atom. The molecule has 4 rings (SSSR count). The Morgan fingerprint density at radius 1 is 1.18 bits per heavy atom. The lowest BCUT2D eigenvalue weighted by atomic mass is 10.1. The van der Waals surface area contributed by atoms with Gasteiger partial charge in [-0.25, -0.2) is 22.8 Å². The third-order valence-electron chi connectivity index (χ3n) is 4.76. The van der Waals surface area contributed by atoms with Gasteiger partial charge in [0.2, 0.25) is 5.88 Å². The lowest BCUT2D eigenvalue weighted by Gasteiger charge is -2.14. The maximum atomic E-state index is 15.5. The Labute approximate surface area is 198 Å². The number of sulfonamides is 1. The number of methoxy groups -OCH3 is 1. The van der Waals surface area contributed by atoms with E-state index in [1.807, 2.05) is 0 Å². The highest BCUT2D eigenvalue weighted by Crippen LogP contribution is 2.36. The van der Waals surface area contributed by atoms with Gasteiger partial charge < -0.3 is 9.14 Å². The number of ether oxygens (including phenoxy) is 1.